The van der Waals surface area contributed by atoms with E-state index in [1.165, 1.54) is 18.8 Å². The van der Waals surface area contributed by atoms with E-state index in [4.69, 9.17) is 4.74 Å². The zero-order chi connectivity index (χ0) is 16.8. The van der Waals surface area contributed by atoms with Gasteiger partial charge in [0.2, 0.25) is 5.91 Å². The molecular weight excluding hydrogens is 308 g/mol. The Hall–Kier alpha value is -1.73. The minimum Gasteiger partial charge on any atom is -0.380 e. The van der Waals surface area contributed by atoms with Gasteiger partial charge in [-0.15, -0.1) is 0 Å². The summed E-state index contributed by atoms with van der Waals surface area (Å²) in [5.74, 6) is 0.473. The Labute approximate surface area is 142 Å². The number of likely N-dealkylation sites (tertiary alicyclic amines) is 1. The molecule has 2 saturated heterocycles. The lowest BCUT2D eigenvalue weighted by Crippen LogP contribution is -2.44. The number of nitrogens with zero attached hydrogens (tertiary/aromatic N) is 3. The normalized spacial score (nSPS) is 23.0. The van der Waals surface area contributed by atoms with Crippen molar-refractivity contribution in [2.24, 2.45) is 5.92 Å². The van der Waals surface area contributed by atoms with E-state index in [1.807, 2.05) is 4.90 Å². The molecule has 0 bridgehead atoms. The van der Waals surface area contributed by atoms with Gasteiger partial charge in [-0.2, -0.15) is 0 Å². The van der Waals surface area contributed by atoms with Crippen LogP contribution in [0.15, 0.2) is 17.2 Å². The highest BCUT2D eigenvalue weighted by molar-refractivity contribution is 5.78. The van der Waals surface area contributed by atoms with Crippen molar-refractivity contribution < 1.29 is 9.53 Å². The van der Waals surface area contributed by atoms with Crippen LogP contribution < -0.4 is 5.56 Å². The molecule has 1 aromatic heterocycles. The number of ether oxygens (including phenoxy) is 1. The van der Waals surface area contributed by atoms with E-state index in [1.54, 1.807) is 0 Å². The van der Waals surface area contributed by atoms with Crippen LogP contribution in [-0.2, 0) is 16.0 Å². The molecule has 7 nitrogen and oxygen atoms in total. The van der Waals surface area contributed by atoms with Gasteiger partial charge >= 0.3 is 0 Å². The van der Waals surface area contributed by atoms with Crippen molar-refractivity contribution in [1.29, 1.82) is 0 Å². The molecule has 1 amide bonds. The van der Waals surface area contributed by atoms with E-state index in [2.05, 4.69) is 14.9 Å². The lowest BCUT2D eigenvalue weighted by Gasteiger charge is -2.30. The van der Waals surface area contributed by atoms with Gasteiger partial charge in [0.05, 0.1) is 26.1 Å². The first-order chi connectivity index (χ1) is 11.7. The number of aromatic nitrogens is 2. The van der Waals surface area contributed by atoms with Crippen LogP contribution in [-0.4, -0.2) is 71.6 Å². The number of H-pyrrole nitrogens is 1. The highest BCUT2D eigenvalue weighted by Crippen LogP contribution is 2.13. The fraction of sp³-hybridized carbons (Fsp3) is 0.706. The summed E-state index contributed by atoms with van der Waals surface area (Å²) in [5.41, 5.74) is 0.642. The van der Waals surface area contributed by atoms with Crippen LogP contribution >= 0.6 is 0 Å². The monoisotopic (exact) mass is 334 g/mol. The molecule has 24 heavy (non-hydrogen) atoms. The van der Waals surface area contributed by atoms with E-state index < -0.39 is 0 Å². The van der Waals surface area contributed by atoms with Crippen LogP contribution in [0.25, 0.3) is 0 Å². The minimum absolute atomic E-state index is 0.133. The predicted molar refractivity (Wildman–Crippen MR) is 89.7 cm³/mol. The second-order valence-corrected chi connectivity index (χ2v) is 6.72. The summed E-state index contributed by atoms with van der Waals surface area (Å²) in [4.78, 5) is 34.8. The van der Waals surface area contributed by atoms with E-state index in [-0.39, 0.29) is 17.4 Å². The second-order valence-electron chi connectivity index (χ2n) is 6.72. The smallest absolute Gasteiger partial charge is 0.250 e. The number of aromatic amines is 1. The van der Waals surface area contributed by atoms with Gasteiger partial charge in [-0.1, -0.05) is 0 Å². The molecule has 2 aliphatic rings. The number of hydrogen-bond acceptors (Lipinski definition) is 5. The molecule has 0 spiro atoms. The van der Waals surface area contributed by atoms with Gasteiger partial charge in [0, 0.05) is 43.9 Å². The summed E-state index contributed by atoms with van der Waals surface area (Å²) in [7, 11) is 0. The molecule has 0 aromatic carbocycles. The summed E-state index contributed by atoms with van der Waals surface area (Å²) in [6.45, 7) is 5.11. The Kier molecular flexibility index (Phi) is 5.98. The van der Waals surface area contributed by atoms with Crippen LogP contribution in [0.4, 0.5) is 0 Å². The van der Waals surface area contributed by atoms with Crippen molar-refractivity contribution in [3.63, 3.8) is 0 Å². The van der Waals surface area contributed by atoms with Gasteiger partial charge in [0.1, 0.15) is 0 Å². The maximum Gasteiger partial charge on any atom is 0.250 e. The van der Waals surface area contributed by atoms with E-state index in [9.17, 15) is 9.59 Å². The van der Waals surface area contributed by atoms with Gasteiger partial charge in [-0.25, -0.2) is 4.98 Å². The topological polar surface area (TPSA) is 78.5 Å². The van der Waals surface area contributed by atoms with Crippen molar-refractivity contribution >= 4 is 5.91 Å². The Balaban J connectivity index is 1.55. The summed E-state index contributed by atoms with van der Waals surface area (Å²) in [5, 5.41) is 0. The molecule has 3 heterocycles. The molecule has 0 aliphatic carbocycles. The first-order valence-electron chi connectivity index (χ1n) is 8.82. The maximum absolute atomic E-state index is 12.5. The van der Waals surface area contributed by atoms with E-state index >= 15 is 0 Å². The summed E-state index contributed by atoms with van der Waals surface area (Å²) in [6, 6.07) is 1.54. The van der Waals surface area contributed by atoms with Crippen molar-refractivity contribution in [3.8, 4) is 0 Å². The molecule has 2 fully saturated rings. The van der Waals surface area contributed by atoms with Gasteiger partial charge in [-0.05, 0) is 25.7 Å². The molecule has 1 atom stereocenters. The molecule has 0 radical (unpaired) electrons. The highest BCUT2D eigenvalue weighted by Gasteiger charge is 2.24. The number of hydrogen-bond donors (Lipinski definition) is 1. The first kappa shape index (κ1) is 17.1. The molecule has 1 aromatic rings. The number of rotatable bonds is 4. The molecule has 0 saturated carbocycles. The number of carbonyl (C=O) groups excluding carboxylic acids is 1. The number of piperidine rings is 1. The van der Waals surface area contributed by atoms with E-state index in [0.717, 1.165) is 44.7 Å². The maximum atomic E-state index is 12.5. The Morgan fingerprint density at radius 2 is 2.12 bits per heavy atom. The van der Waals surface area contributed by atoms with Crippen LogP contribution in [0.3, 0.4) is 0 Å². The molecule has 3 rings (SSSR count). The average molecular weight is 334 g/mol. The molecule has 132 valence electrons. The van der Waals surface area contributed by atoms with Gasteiger partial charge in [-0.3, -0.25) is 14.5 Å². The van der Waals surface area contributed by atoms with Crippen LogP contribution in [0, 0.1) is 5.92 Å². The zero-order valence-corrected chi connectivity index (χ0v) is 14.1. The molecule has 2 aliphatic heterocycles. The lowest BCUT2D eigenvalue weighted by molar-refractivity contribution is -0.133. The largest absolute Gasteiger partial charge is 0.380 e. The fourth-order valence-corrected chi connectivity index (χ4v) is 3.47. The SMILES string of the molecule is O=C(CN1CCOC[C@@H](Cc2cc(=O)[nH]cn2)C1)N1CCCCC1. The zero-order valence-electron chi connectivity index (χ0n) is 14.1. The Morgan fingerprint density at radius 3 is 2.92 bits per heavy atom. The highest BCUT2D eigenvalue weighted by atomic mass is 16.5. The van der Waals surface area contributed by atoms with Crippen LogP contribution in [0.1, 0.15) is 25.0 Å². The third kappa shape index (κ3) is 4.88. The van der Waals surface area contributed by atoms with E-state index in [0.29, 0.717) is 26.2 Å². The molecular formula is C17H26N4O3. The average Bonchev–Trinajstić information content (AvgIpc) is 2.80. The number of carbonyl (C=O) groups is 1. The standard InChI is InChI=1S/C17H26N4O3/c22-16-9-15(18-13-19-16)8-14-10-20(6-7-24-12-14)11-17(23)21-4-2-1-3-5-21/h9,13-14H,1-8,10-12H2,(H,18,19,22)/t14-/m0/s1. The van der Waals surface area contributed by atoms with Gasteiger partial charge < -0.3 is 14.6 Å². The van der Waals surface area contributed by atoms with Crippen molar-refractivity contribution in [3.05, 3.63) is 28.4 Å². The minimum atomic E-state index is -0.133. The lowest BCUT2D eigenvalue weighted by atomic mass is 10.0. The van der Waals surface area contributed by atoms with Crippen LogP contribution in [0.5, 0.6) is 0 Å². The number of amides is 1. The third-order valence-corrected chi connectivity index (χ3v) is 4.72. The van der Waals surface area contributed by atoms with Gasteiger partial charge in [0.15, 0.2) is 0 Å². The number of nitrogens with one attached hydrogen (secondary N) is 1. The van der Waals surface area contributed by atoms with Gasteiger partial charge in [0.25, 0.3) is 5.56 Å². The predicted octanol–water partition coefficient (Wildman–Crippen LogP) is 0.273. The summed E-state index contributed by atoms with van der Waals surface area (Å²) >= 11 is 0. The van der Waals surface area contributed by atoms with Crippen molar-refractivity contribution in [2.75, 3.05) is 45.9 Å². The second kappa shape index (κ2) is 8.39. The molecule has 0 unspecified atom stereocenters. The quantitative estimate of drug-likeness (QED) is 0.855. The van der Waals surface area contributed by atoms with Crippen molar-refractivity contribution in [1.82, 2.24) is 19.8 Å². The summed E-state index contributed by atoms with van der Waals surface area (Å²) < 4.78 is 5.69. The first-order valence-corrected chi connectivity index (χ1v) is 8.82. The Bertz CT molecular complexity index is 597. The van der Waals surface area contributed by atoms with Crippen molar-refractivity contribution in [2.45, 2.75) is 25.7 Å². The summed E-state index contributed by atoms with van der Waals surface area (Å²) in [6.07, 6.45) is 5.59. The molecule has 1 N–H and O–H groups in total. The third-order valence-electron chi connectivity index (χ3n) is 4.72. The Morgan fingerprint density at radius 1 is 1.29 bits per heavy atom. The fourth-order valence-electron chi connectivity index (χ4n) is 3.47. The molecule has 7 heteroatoms. The van der Waals surface area contributed by atoms with Crippen LogP contribution in [0.2, 0.25) is 0 Å².